The molecule has 1 aromatic carbocycles. The molecule has 0 bridgehead atoms. The van der Waals surface area contributed by atoms with Gasteiger partial charge >= 0.3 is 13.1 Å². The quantitative estimate of drug-likeness (QED) is 0.745. The van der Waals surface area contributed by atoms with Crippen LogP contribution in [0, 0.1) is 0 Å². The highest BCUT2D eigenvalue weighted by Gasteiger charge is 2.51. The van der Waals surface area contributed by atoms with Crippen molar-refractivity contribution in [3.8, 4) is 0 Å². The molecule has 0 aliphatic carbocycles. The molecule has 0 radical (unpaired) electrons. The van der Waals surface area contributed by atoms with E-state index < -0.39 is 0 Å². The number of nitrogens with zero attached hydrogens (tertiary/aromatic N) is 2. The van der Waals surface area contributed by atoms with Gasteiger partial charge in [-0.1, -0.05) is 12.1 Å². The Balaban J connectivity index is 1.85. The van der Waals surface area contributed by atoms with Crippen molar-refractivity contribution in [2.75, 3.05) is 25.5 Å². The summed E-state index contributed by atoms with van der Waals surface area (Å²) in [5, 5.41) is 0. The van der Waals surface area contributed by atoms with Crippen LogP contribution in [0.2, 0.25) is 0 Å². The fourth-order valence-electron chi connectivity index (χ4n) is 2.99. The highest BCUT2D eigenvalue weighted by Crippen LogP contribution is 2.37. The Bertz CT molecular complexity index is 627. The third kappa shape index (κ3) is 2.64. The summed E-state index contributed by atoms with van der Waals surface area (Å²) in [4.78, 5) is 15.7. The van der Waals surface area contributed by atoms with Crippen molar-refractivity contribution in [3.63, 3.8) is 0 Å². The van der Waals surface area contributed by atoms with E-state index in [0.717, 1.165) is 24.1 Å². The Labute approximate surface area is 138 Å². The molecule has 0 atom stereocenters. The maximum absolute atomic E-state index is 12.2. The molecule has 124 valence electrons. The number of hydrogen-bond acceptors (Lipinski definition) is 3. The van der Waals surface area contributed by atoms with Gasteiger partial charge in [0.25, 0.3) is 0 Å². The van der Waals surface area contributed by atoms with E-state index in [1.165, 1.54) is 5.56 Å². The number of benzene rings is 1. The molecule has 1 fully saturated rings. The maximum atomic E-state index is 12.2. The van der Waals surface area contributed by atoms with E-state index in [0.29, 0.717) is 0 Å². The fourth-order valence-corrected chi connectivity index (χ4v) is 2.99. The standard InChI is InChI=1S/C17H25BN2O3/c1-16(2)17(3,4)23-18(22-16)13-7-8-14-12(11-13)9-10-20(14)15(21)19(5)6/h7-8,11H,9-10H2,1-6H3. The second kappa shape index (κ2) is 5.25. The van der Waals surface area contributed by atoms with Crippen LogP contribution in [0.3, 0.4) is 0 Å². The van der Waals surface area contributed by atoms with E-state index in [2.05, 4.69) is 33.8 Å². The Morgan fingerprint density at radius 3 is 2.35 bits per heavy atom. The average molecular weight is 316 g/mol. The Morgan fingerprint density at radius 1 is 1.17 bits per heavy atom. The summed E-state index contributed by atoms with van der Waals surface area (Å²) < 4.78 is 12.2. The molecule has 3 rings (SSSR count). The molecule has 2 aliphatic rings. The number of anilines is 1. The van der Waals surface area contributed by atoms with Crippen molar-refractivity contribution in [1.29, 1.82) is 0 Å². The predicted octanol–water partition coefficient (Wildman–Crippen LogP) is 2.03. The molecular weight excluding hydrogens is 291 g/mol. The van der Waals surface area contributed by atoms with Gasteiger partial charge in [0.15, 0.2) is 0 Å². The first kappa shape index (κ1) is 16.3. The SMILES string of the molecule is CN(C)C(=O)N1CCc2cc(B3OC(C)(C)C(C)(C)O3)ccc21. The van der Waals surface area contributed by atoms with Crippen LogP contribution in [0.1, 0.15) is 33.3 Å². The number of carbonyl (C=O) groups is 1. The second-order valence-corrected chi connectivity index (χ2v) is 7.56. The van der Waals surface area contributed by atoms with Crippen LogP contribution in [0.5, 0.6) is 0 Å². The molecule has 1 aromatic rings. The van der Waals surface area contributed by atoms with Crippen LogP contribution < -0.4 is 10.4 Å². The van der Waals surface area contributed by atoms with Crippen molar-refractivity contribution in [1.82, 2.24) is 4.90 Å². The molecular formula is C17H25BN2O3. The lowest BCUT2D eigenvalue weighted by atomic mass is 9.78. The fraction of sp³-hybridized carbons (Fsp3) is 0.588. The van der Waals surface area contributed by atoms with E-state index in [9.17, 15) is 4.79 Å². The molecule has 5 nitrogen and oxygen atoms in total. The van der Waals surface area contributed by atoms with Gasteiger partial charge in [0, 0.05) is 26.3 Å². The van der Waals surface area contributed by atoms with Crippen LogP contribution in [-0.4, -0.2) is 49.9 Å². The Morgan fingerprint density at radius 2 is 1.78 bits per heavy atom. The summed E-state index contributed by atoms with van der Waals surface area (Å²) in [6, 6.07) is 6.14. The number of urea groups is 1. The molecule has 2 heterocycles. The third-order valence-electron chi connectivity index (χ3n) is 5.14. The Hall–Kier alpha value is -1.53. The number of hydrogen-bond donors (Lipinski definition) is 0. The number of amides is 2. The topological polar surface area (TPSA) is 42.0 Å². The van der Waals surface area contributed by atoms with E-state index in [1.54, 1.807) is 19.0 Å². The number of carbonyl (C=O) groups excluding carboxylic acids is 1. The summed E-state index contributed by atoms with van der Waals surface area (Å²) in [5.41, 5.74) is 2.49. The van der Waals surface area contributed by atoms with Crippen LogP contribution in [-0.2, 0) is 15.7 Å². The summed E-state index contributed by atoms with van der Waals surface area (Å²) >= 11 is 0. The normalized spacial score (nSPS) is 21.5. The minimum Gasteiger partial charge on any atom is -0.399 e. The predicted molar refractivity (Wildman–Crippen MR) is 92.3 cm³/mol. The first-order valence-corrected chi connectivity index (χ1v) is 8.10. The first-order chi connectivity index (χ1) is 10.6. The van der Waals surface area contributed by atoms with Crippen molar-refractivity contribution < 1.29 is 14.1 Å². The van der Waals surface area contributed by atoms with Gasteiger partial charge in [-0.25, -0.2) is 4.79 Å². The van der Waals surface area contributed by atoms with Crippen LogP contribution in [0.25, 0.3) is 0 Å². The highest BCUT2D eigenvalue weighted by atomic mass is 16.7. The molecule has 0 N–H and O–H groups in total. The van der Waals surface area contributed by atoms with Gasteiger partial charge in [0.2, 0.25) is 0 Å². The van der Waals surface area contributed by atoms with E-state index in [4.69, 9.17) is 9.31 Å². The molecule has 1 saturated heterocycles. The lowest BCUT2D eigenvalue weighted by Gasteiger charge is -2.32. The maximum Gasteiger partial charge on any atom is 0.494 e. The van der Waals surface area contributed by atoms with Crippen molar-refractivity contribution >= 4 is 24.3 Å². The largest absolute Gasteiger partial charge is 0.494 e. The summed E-state index contributed by atoms with van der Waals surface area (Å²) in [5.74, 6) is 0. The van der Waals surface area contributed by atoms with Gasteiger partial charge in [0.05, 0.1) is 11.2 Å². The third-order valence-corrected chi connectivity index (χ3v) is 5.14. The van der Waals surface area contributed by atoms with Gasteiger partial charge in [-0.3, -0.25) is 4.90 Å². The molecule has 0 unspecified atom stereocenters. The zero-order valence-electron chi connectivity index (χ0n) is 14.8. The molecule has 6 heteroatoms. The van der Waals surface area contributed by atoms with Crippen LogP contribution >= 0.6 is 0 Å². The first-order valence-electron chi connectivity index (χ1n) is 8.10. The lowest BCUT2D eigenvalue weighted by molar-refractivity contribution is 0.00578. The highest BCUT2D eigenvalue weighted by molar-refractivity contribution is 6.62. The zero-order valence-corrected chi connectivity index (χ0v) is 14.8. The monoisotopic (exact) mass is 316 g/mol. The van der Waals surface area contributed by atoms with Gasteiger partial charge < -0.3 is 14.2 Å². The summed E-state index contributed by atoms with van der Waals surface area (Å²) in [6.07, 6.45) is 0.863. The van der Waals surface area contributed by atoms with Gasteiger partial charge in [-0.05, 0) is 51.2 Å². The second-order valence-electron chi connectivity index (χ2n) is 7.56. The average Bonchev–Trinajstić information content (AvgIpc) is 2.96. The number of rotatable bonds is 1. The Kier molecular flexibility index (Phi) is 3.73. The molecule has 2 amide bonds. The summed E-state index contributed by atoms with van der Waals surface area (Å²) in [6.45, 7) is 8.94. The molecule has 23 heavy (non-hydrogen) atoms. The zero-order chi connectivity index (χ0) is 17.0. The molecule has 0 saturated carbocycles. The molecule has 0 spiro atoms. The smallest absolute Gasteiger partial charge is 0.399 e. The summed E-state index contributed by atoms with van der Waals surface area (Å²) in [7, 11) is 3.20. The number of fused-ring (bicyclic) bond motifs is 1. The minimum absolute atomic E-state index is 0.0205. The molecule has 0 aromatic heterocycles. The van der Waals surface area contributed by atoms with E-state index in [-0.39, 0.29) is 24.4 Å². The van der Waals surface area contributed by atoms with Crippen molar-refractivity contribution in [2.45, 2.75) is 45.3 Å². The van der Waals surface area contributed by atoms with Crippen molar-refractivity contribution in [3.05, 3.63) is 23.8 Å². The van der Waals surface area contributed by atoms with E-state index in [1.807, 2.05) is 17.0 Å². The van der Waals surface area contributed by atoms with Crippen molar-refractivity contribution in [2.24, 2.45) is 0 Å². The van der Waals surface area contributed by atoms with E-state index >= 15 is 0 Å². The molecule has 2 aliphatic heterocycles. The van der Waals surface area contributed by atoms with Crippen LogP contribution in [0.4, 0.5) is 10.5 Å². The van der Waals surface area contributed by atoms with Gasteiger partial charge in [-0.2, -0.15) is 0 Å². The lowest BCUT2D eigenvalue weighted by Crippen LogP contribution is -2.41. The van der Waals surface area contributed by atoms with Crippen LogP contribution in [0.15, 0.2) is 18.2 Å². The van der Waals surface area contributed by atoms with Gasteiger partial charge in [-0.15, -0.1) is 0 Å². The minimum atomic E-state index is -0.357. The van der Waals surface area contributed by atoms with Gasteiger partial charge in [0.1, 0.15) is 0 Å².